The van der Waals surface area contributed by atoms with Gasteiger partial charge >= 0.3 is 0 Å². The maximum absolute atomic E-state index is 13.1. The van der Waals surface area contributed by atoms with Gasteiger partial charge in [0.1, 0.15) is 0 Å². The van der Waals surface area contributed by atoms with Crippen LogP contribution in [0.15, 0.2) is 42.5 Å². The van der Waals surface area contributed by atoms with Gasteiger partial charge < -0.3 is 20.3 Å². The van der Waals surface area contributed by atoms with E-state index >= 15 is 0 Å². The predicted molar refractivity (Wildman–Crippen MR) is 129 cm³/mol. The van der Waals surface area contributed by atoms with Crippen molar-refractivity contribution in [3.05, 3.63) is 59.2 Å². The number of hydrogen-bond donors (Lipinski definition) is 2. The molecular formula is C26H35N3O3. The Balaban J connectivity index is 1.78. The van der Waals surface area contributed by atoms with Gasteiger partial charge in [0, 0.05) is 50.6 Å². The summed E-state index contributed by atoms with van der Waals surface area (Å²) in [4.78, 5) is 27.6. The van der Waals surface area contributed by atoms with Gasteiger partial charge in [-0.2, -0.15) is 0 Å². The second-order valence-electron chi connectivity index (χ2n) is 8.13. The van der Waals surface area contributed by atoms with E-state index in [1.807, 2.05) is 19.1 Å². The molecular weight excluding hydrogens is 402 g/mol. The van der Waals surface area contributed by atoms with Crippen LogP contribution in [0.2, 0.25) is 0 Å². The summed E-state index contributed by atoms with van der Waals surface area (Å²) in [6.45, 7) is 7.49. The lowest BCUT2D eigenvalue weighted by atomic mass is 9.98. The lowest BCUT2D eigenvalue weighted by Gasteiger charge is -2.32. The van der Waals surface area contributed by atoms with Crippen LogP contribution in [-0.4, -0.2) is 38.1 Å². The molecule has 0 unspecified atom stereocenters. The Labute approximate surface area is 191 Å². The van der Waals surface area contributed by atoms with Gasteiger partial charge in [0.05, 0.1) is 5.56 Å². The maximum atomic E-state index is 13.1. The number of hydrogen-bond acceptors (Lipinski definition) is 4. The van der Waals surface area contributed by atoms with Crippen molar-refractivity contribution >= 4 is 23.2 Å². The minimum absolute atomic E-state index is 0.0189. The number of carbonyl (C=O) groups is 2. The minimum Gasteiger partial charge on any atom is -0.382 e. The summed E-state index contributed by atoms with van der Waals surface area (Å²) in [5.74, 6) is -0.144. The van der Waals surface area contributed by atoms with Crippen molar-refractivity contribution in [3.63, 3.8) is 0 Å². The number of unbranched alkanes of at least 4 members (excludes halogenated alkanes) is 1. The van der Waals surface area contributed by atoms with Crippen LogP contribution < -0.4 is 15.5 Å². The van der Waals surface area contributed by atoms with E-state index in [1.54, 1.807) is 6.07 Å². The standard InChI is InChI=1S/C26H35N3O3/c1-3-5-11-25(30)28-22-12-13-24(23(18-22)26(31)27-15-8-17-32-4-2)29-16-14-20-9-6-7-10-21(20)19-29/h6-7,9-10,12-13,18H,3-5,8,11,14-17,19H2,1-2H3,(H,27,31)(H,28,30). The van der Waals surface area contributed by atoms with Crippen LogP contribution in [0.4, 0.5) is 11.4 Å². The maximum Gasteiger partial charge on any atom is 0.253 e. The highest BCUT2D eigenvalue weighted by Crippen LogP contribution is 2.29. The van der Waals surface area contributed by atoms with E-state index < -0.39 is 0 Å². The average Bonchev–Trinajstić information content (AvgIpc) is 2.82. The van der Waals surface area contributed by atoms with E-state index in [2.05, 4.69) is 46.7 Å². The SMILES string of the molecule is CCCCC(=O)Nc1ccc(N2CCc3ccccc3C2)c(C(=O)NCCCOCC)c1. The Morgan fingerprint density at radius 3 is 2.66 bits per heavy atom. The van der Waals surface area contributed by atoms with Crippen LogP contribution in [0.1, 0.15) is 61.0 Å². The molecule has 172 valence electrons. The first kappa shape index (κ1) is 23.8. The van der Waals surface area contributed by atoms with Gasteiger partial charge in [0.15, 0.2) is 0 Å². The summed E-state index contributed by atoms with van der Waals surface area (Å²) in [6.07, 6.45) is 4.02. The zero-order valence-electron chi connectivity index (χ0n) is 19.3. The number of rotatable bonds is 11. The smallest absolute Gasteiger partial charge is 0.253 e. The van der Waals surface area contributed by atoms with E-state index in [0.717, 1.165) is 44.5 Å². The average molecular weight is 438 g/mol. The van der Waals surface area contributed by atoms with Gasteiger partial charge in [0.25, 0.3) is 5.91 Å². The topological polar surface area (TPSA) is 70.7 Å². The molecule has 32 heavy (non-hydrogen) atoms. The second-order valence-corrected chi connectivity index (χ2v) is 8.13. The fourth-order valence-electron chi connectivity index (χ4n) is 3.95. The number of benzene rings is 2. The summed E-state index contributed by atoms with van der Waals surface area (Å²) in [5, 5.41) is 5.96. The van der Waals surface area contributed by atoms with Crippen LogP contribution in [-0.2, 0) is 22.5 Å². The van der Waals surface area contributed by atoms with Gasteiger partial charge in [-0.25, -0.2) is 0 Å². The quantitative estimate of drug-likeness (QED) is 0.507. The number of fused-ring (bicyclic) bond motifs is 1. The van der Waals surface area contributed by atoms with Gasteiger partial charge in [-0.1, -0.05) is 37.6 Å². The van der Waals surface area contributed by atoms with Crippen LogP contribution in [0.3, 0.4) is 0 Å². The fraction of sp³-hybridized carbons (Fsp3) is 0.462. The molecule has 2 amide bonds. The molecule has 6 nitrogen and oxygen atoms in total. The van der Waals surface area contributed by atoms with Crippen LogP contribution in [0.5, 0.6) is 0 Å². The zero-order chi connectivity index (χ0) is 22.8. The number of nitrogens with zero attached hydrogens (tertiary/aromatic N) is 1. The van der Waals surface area contributed by atoms with E-state index in [1.165, 1.54) is 11.1 Å². The van der Waals surface area contributed by atoms with Crippen molar-refractivity contribution in [1.29, 1.82) is 0 Å². The number of ether oxygens (including phenoxy) is 1. The molecule has 0 spiro atoms. The Morgan fingerprint density at radius 1 is 1.06 bits per heavy atom. The number of anilines is 2. The number of carbonyl (C=O) groups excluding carboxylic acids is 2. The van der Waals surface area contributed by atoms with Crippen molar-refractivity contribution in [1.82, 2.24) is 5.32 Å². The Morgan fingerprint density at radius 2 is 1.88 bits per heavy atom. The highest BCUT2D eigenvalue weighted by atomic mass is 16.5. The van der Waals surface area contributed by atoms with Gasteiger partial charge in [-0.3, -0.25) is 9.59 Å². The molecule has 0 radical (unpaired) electrons. The molecule has 1 heterocycles. The molecule has 0 atom stereocenters. The largest absolute Gasteiger partial charge is 0.382 e. The first-order valence-corrected chi connectivity index (χ1v) is 11.7. The first-order chi connectivity index (χ1) is 15.6. The predicted octanol–water partition coefficient (Wildman–Crippen LogP) is 4.53. The van der Waals surface area contributed by atoms with Crippen LogP contribution in [0.25, 0.3) is 0 Å². The summed E-state index contributed by atoms with van der Waals surface area (Å²) < 4.78 is 5.36. The normalized spacial score (nSPS) is 12.9. The lowest BCUT2D eigenvalue weighted by molar-refractivity contribution is -0.116. The van der Waals surface area contributed by atoms with Gasteiger partial charge in [-0.05, 0) is 55.5 Å². The summed E-state index contributed by atoms with van der Waals surface area (Å²) >= 11 is 0. The number of amides is 2. The molecule has 2 aromatic carbocycles. The Bertz CT molecular complexity index is 913. The molecule has 2 N–H and O–H groups in total. The van der Waals surface area contributed by atoms with Crippen molar-refractivity contribution < 1.29 is 14.3 Å². The molecule has 0 fully saturated rings. The van der Waals surface area contributed by atoms with Crippen molar-refractivity contribution in [2.45, 2.75) is 52.5 Å². The van der Waals surface area contributed by atoms with Crippen molar-refractivity contribution in [3.8, 4) is 0 Å². The summed E-state index contributed by atoms with van der Waals surface area (Å²) in [6, 6.07) is 14.1. The first-order valence-electron chi connectivity index (χ1n) is 11.7. The molecule has 1 aliphatic rings. The van der Waals surface area contributed by atoms with E-state index in [4.69, 9.17) is 4.74 Å². The monoisotopic (exact) mass is 437 g/mol. The molecule has 1 aliphatic heterocycles. The summed E-state index contributed by atoms with van der Waals surface area (Å²) in [7, 11) is 0. The third-order valence-corrected chi connectivity index (χ3v) is 5.71. The fourth-order valence-corrected chi connectivity index (χ4v) is 3.95. The van der Waals surface area contributed by atoms with E-state index in [-0.39, 0.29) is 11.8 Å². The molecule has 0 bridgehead atoms. The third kappa shape index (κ3) is 6.57. The van der Waals surface area contributed by atoms with Crippen molar-refractivity contribution in [2.24, 2.45) is 0 Å². The molecule has 0 saturated carbocycles. The summed E-state index contributed by atoms with van der Waals surface area (Å²) in [5.41, 5.74) is 4.80. The van der Waals surface area contributed by atoms with Crippen LogP contribution >= 0.6 is 0 Å². The molecule has 0 saturated heterocycles. The highest BCUT2D eigenvalue weighted by Gasteiger charge is 2.22. The second kappa shape index (κ2) is 12.2. The van der Waals surface area contributed by atoms with E-state index in [9.17, 15) is 9.59 Å². The van der Waals surface area contributed by atoms with Gasteiger partial charge in [-0.15, -0.1) is 0 Å². The van der Waals surface area contributed by atoms with Crippen molar-refractivity contribution in [2.75, 3.05) is 36.5 Å². The van der Waals surface area contributed by atoms with Crippen LogP contribution in [0, 0.1) is 0 Å². The molecule has 0 aliphatic carbocycles. The number of nitrogens with one attached hydrogen (secondary N) is 2. The highest BCUT2D eigenvalue weighted by molar-refractivity contribution is 6.02. The minimum atomic E-state index is -0.125. The zero-order valence-corrected chi connectivity index (χ0v) is 19.3. The van der Waals surface area contributed by atoms with Gasteiger partial charge in [0.2, 0.25) is 5.91 Å². The van der Waals surface area contributed by atoms with E-state index in [0.29, 0.717) is 37.4 Å². The third-order valence-electron chi connectivity index (χ3n) is 5.71. The molecule has 0 aromatic heterocycles. The molecule has 2 aromatic rings. The molecule has 3 rings (SSSR count). The Hall–Kier alpha value is -2.86. The Kier molecular flexibility index (Phi) is 9.11. The molecule has 6 heteroatoms. The lowest BCUT2D eigenvalue weighted by Crippen LogP contribution is -2.33.